The lowest BCUT2D eigenvalue weighted by Gasteiger charge is -1.91. The first-order valence-electron chi connectivity index (χ1n) is 0.742. The van der Waals surface area contributed by atoms with E-state index in [1.54, 1.807) is 0 Å². The molecule has 1 atom stereocenters. The van der Waals surface area contributed by atoms with Crippen molar-refractivity contribution in [3.8, 4) is 0 Å². The third-order valence-corrected chi connectivity index (χ3v) is 0. The molecule has 0 aromatic rings. The lowest BCUT2D eigenvalue weighted by Crippen LogP contribution is -1.70. The molecule has 5 heavy (non-hydrogen) atoms. The normalized spacial score (nSPS) is 12.4. The molecule has 0 fully saturated rings. The van der Waals surface area contributed by atoms with Crippen LogP contribution in [0.2, 0.25) is 0 Å². The van der Waals surface area contributed by atoms with Crippen molar-refractivity contribution in [2.75, 3.05) is 6.26 Å². The summed E-state index contributed by atoms with van der Waals surface area (Å²) in [5.41, 5.74) is 0. The molecular weight excluding hydrogens is 106 g/mol. The predicted octanol–water partition coefficient (Wildman–Crippen LogP) is 0.203. The maximum atomic E-state index is 9.37. The van der Waals surface area contributed by atoms with Crippen LogP contribution in [0.3, 0.4) is 0 Å². The summed E-state index contributed by atoms with van der Waals surface area (Å²) in [7, 11) is -1.03. The Kier molecular flexibility index (Phi) is 8.16. The van der Waals surface area contributed by atoms with Crippen LogP contribution in [0.4, 0.5) is 0 Å². The van der Waals surface area contributed by atoms with Crippen LogP contribution in [-0.4, -0.2) is 10.8 Å². The molecule has 0 saturated heterocycles. The van der Waals surface area contributed by atoms with Gasteiger partial charge in [-0.05, 0) is 6.26 Å². The van der Waals surface area contributed by atoms with Crippen molar-refractivity contribution in [2.45, 2.75) is 0 Å². The molecule has 0 aliphatic rings. The monoisotopic (exact) mass is 113 g/mol. The molecule has 0 heterocycles. The molecule has 0 saturated carbocycles. The van der Waals surface area contributed by atoms with Crippen LogP contribution in [-0.2, 0) is 20.9 Å². The minimum Gasteiger partial charge on any atom is -0.795 e. The summed E-state index contributed by atoms with van der Waals surface area (Å²) < 4.78 is 9.37. The van der Waals surface area contributed by atoms with Crippen LogP contribution in [0.25, 0.3) is 0 Å². The van der Waals surface area contributed by atoms with Crippen molar-refractivity contribution in [3.63, 3.8) is 0 Å². The van der Waals surface area contributed by atoms with Gasteiger partial charge in [0.2, 0.25) is 0 Å². The van der Waals surface area contributed by atoms with Crippen LogP contribution in [0, 0.1) is 0 Å². The van der Waals surface area contributed by atoms with Gasteiger partial charge in [-0.1, -0.05) is 11.2 Å². The van der Waals surface area contributed by atoms with Gasteiger partial charge in [0.1, 0.15) is 0 Å². The average molecular weight is 113 g/mol. The number of quaternary nitrogens is 1. The fraction of sp³-hybridized carbons (Fsp3) is 1.00. The second-order valence-corrected chi connectivity index (χ2v) is 2.61. The third kappa shape index (κ3) is 116. The second kappa shape index (κ2) is 4.49. The van der Waals surface area contributed by atoms with Gasteiger partial charge in [-0.25, -0.2) is 9.74 Å². The zero-order valence-electron chi connectivity index (χ0n) is 3.22. The molecule has 0 radical (unpaired) electrons. The number of rotatable bonds is 0. The highest BCUT2D eigenvalue weighted by Gasteiger charge is 1.34. The molecule has 0 aromatic heterocycles. The molecular formula is CH7NOS2. The molecule has 0 rings (SSSR count). The zero-order valence-corrected chi connectivity index (χ0v) is 4.86. The Morgan fingerprint density at radius 3 is 1.80 bits per heavy atom. The Labute approximate surface area is 38.6 Å². The Balaban J connectivity index is 0. The van der Waals surface area contributed by atoms with Gasteiger partial charge in [0, 0.05) is 0 Å². The summed E-state index contributed by atoms with van der Waals surface area (Å²) in [5.74, 6) is 0. The van der Waals surface area contributed by atoms with E-state index in [4.69, 9.17) is 0 Å². The van der Waals surface area contributed by atoms with Crippen LogP contribution in [0.15, 0.2) is 0 Å². The Morgan fingerprint density at radius 1 is 1.80 bits per heavy atom. The van der Waals surface area contributed by atoms with Crippen LogP contribution >= 0.6 is 0 Å². The smallest absolute Gasteiger partial charge is 0.0273 e. The summed E-state index contributed by atoms with van der Waals surface area (Å²) in [6.45, 7) is 0. The van der Waals surface area contributed by atoms with Gasteiger partial charge in [-0.15, -0.1) is 0 Å². The standard InChI is InChI=1S/CH4OS2.H3N/c1-4(2)3;/h1H3,(H,2,3);1H3. The minimum atomic E-state index is -1.03. The van der Waals surface area contributed by atoms with E-state index in [1.807, 2.05) is 0 Å². The van der Waals surface area contributed by atoms with Gasteiger partial charge in [-0.3, -0.25) is 0 Å². The number of hydrogen-bond acceptors (Lipinski definition) is 2. The molecule has 0 spiro atoms. The van der Waals surface area contributed by atoms with Gasteiger partial charge < -0.3 is 10.7 Å². The van der Waals surface area contributed by atoms with Crippen molar-refractivity contribution in [3.05, 3.63) is 0 Å². The van der Waals surface area contributed by atoms with Crippen molar-refractivity contribution < 1.29 is 4.55 Å². The van der Waals surface area contributed by atoms with Crippen molar-refractivity contribution in [2.24, 2.45) is 0 Å². The van der Waals surface area contributed by atoms with E-state index in [0.717, 1.165) is 0 Å². The summed E-state index contributed by atoms with van der Waals surface area (Å²) in [6.07, 6.45) is 1.45. The van der Waals surface area contributed by atoms with Crippen LogP contribution < -0.4 is 6.15 Å². The lowest BCUT2D eigenvalue weighted by molar-refractivity contribution is 0.616. The van der Waals surface area contributed by atoms with Gasteiger partial charge in [-0.2, -0.15) is 0 Å². The predicted molar refractivity (Wildman–Crippen MR) is 27.4 cm³/mol. The van der Waals surface area contributed by atoms with E-state index < -0.39 is 9.74 Å². The summed E-state index contributed by atoms with van der Waals surface area (Å²) >= 11 is 4.09. The van der Waals surface area contributed by atoms with Gasteiger partial charge in [0.15, 0.2) is 0 Å². The van der Waals surface area contributed by atoms with E-state index in [-0.39, 0.29) is 6.15 Å². The topological polar surface area (TPSA) is 59.6 Å². The van der Waals surface area contributed by atoms with Crippen molar-refractivity contribution in [1.82, 2.24) is 6.15 Å². The Hall–Kier alpha value is 0.490. The lowest BCUT2D eigenvalue weighted by atomic mass is 12.0. The summed E-state index contributed by atoms with van der Waals surface area (Å²) in [4.78, 5) is 0. The molecule has 34 valence electrons. The SMILES string of the molecule is CS([O-])=S.[NH4+]. The fourth-order valence-corrected chi connectivity index (χ4v) is 0. The first kappa shape index (κ1) is 9.09. The van der Waals surface area contributed by atoms with E-state index in [1.165, 1.54) is 6.26 Å². The second-order valence-electron chi connectivity index (χ2n) is 0.401. The molecule has 0 bridgehead atoms. The first-order valence-corrected chi connectivity index (χ1v) is 3.22. The maximum Gasteiger partial charge on any atom is -0.0273 e. The number of hydrogen-bond donors (Lipinski definition) is 1. The molecule has 0 amide bonds. The fourth-order valence-electron chi connectivity index (χ4n) is 0. The van der Waals surface area contributed by atoms with Gasteiger partial charge in [0.05, 0.1) is 0 Å². The molecule has 0 aliphatic heterocycles. The molecule has 0 aromatic carbocycles. The summed E-state index contributed by atoms with van der Waals surface area (Å²) in [6, 6.07) is 0. The maximum absolute atomic E-state index is 9.37. The largest absolute Gasteiger partial charge is 0.795 e. The Morgan fingerprint density at radius 2 is 1.80 bits per heavy atom. The van der Waals surface area contributed by atoms with E-state index in [2.05, 4.69) is 11.2 Å². The van der Waals surface area contributed by atoms with E-state index in [9.17, 15) is 4.55 Å². The highest BCUT2D eigenvalue weighted by Crippen LogP contribution is 1.48. The zero-order chi connectivity index (χ0) is 3.58. The molecule has 1 unspecified atom stereocenters. The van der Waals surface area contributed by atoms with E-state index >= 15 is 0 Å². The molecule has 4 N–H and O–H groups in total. The molecule has 4 heteroatoms. The van der Waals surface area contributed by atoms with Crippen molar-refractivity contribution >= 4 is 20.9 Å². The highest BCUT2D eigenvalue weighted by atomic mass is 32.8. The van der Waals surface area contributed by atoms with Crippen LogP contribution in [0.1, 0.15) is 0 Å². The van der Waals surface area contributed by atoms with Crippen LogP contribution in [0.5, 0.6) is 0 Å². The molecule has 2 nitrogen and oxygen atoms in total. The van der Waals surface area contributed by atoms with Gasteiger partial charge >= 0.3 is 0 Å². The minimum absolute atomic E-state index is 0. The van der Waals surface area contributed by atoms with Gasteiger partial charge in [0.25, 0.3) is 0 Å². The molecule has 0 aliphatic carbocycles. The highest BCUT2D eigenvalue weighted by molar-refractivity contribution is 8.25. The van der Waals surface area contributed by atoms with E-state index in [0.29, 0.717) is 0 Å². The summed E-state index contributed by atoms with van der Waals surface area (Å²) in [5, 5.41) is 0. The van der Waals surface area contributed by atoms with Crippen molar-refractivity contribution in [1.29, 1.82) is 0 Å². The quantitative estimate of drug-likeness (QED) is 0.488. The Bertz CT molecular complexity index is 32.6. The first-order chi connectivity index (χ1) is 1.73. The third-order valence-electron chi connectivity index (χ3n) is 0. The average Bonchev–Trinajstić information content (AvgIpc) is 0.811.